The summed E-state index contributed by atoms with van der Waals surface area (Å²) in [5, 5.41) is 25.9. The Hall–Kier alpha value is -3.60. The summed E-state index contributed by atoms with van der Waals surface area (Å²) < 4.78 is 0. The number of halogens is 1. The molecule has 41 heavy (non-hydrogen) atoms. The van der Waals surface area contributed by atoms with Gasteiger partial charge in [0.25, 0.3) is 5.69 Å². The van der Waals surface area contributed by atoms with Crippen LogP contribution in [-0.4, -0.2) is 58.6 Å². The van der Waals surface area contributed by atoms with Gasteiger partial charge in [0.1, 0.15) is 0 Å². The predicted molar refractivity (Wildman–Crippen MR) is 158 cm³/mol. The van der Waals surface area contributed by atoms with Crippen molar-refractivity contribution in [2.45, 2.75) is 51.0 Å². The number of nitrogens with zero attached hydrogens (tertiary/aromatic N) is 3. The Morgan fingerprint density at radius 1 is 1.17 bits per heavy atom. The minimum absolute atomic E-state index is 0.0828. The molecule has 2 unspecified atom stereocenters. The average Bonchev–Trinajstić information content (AvgIpc) is 2.95. The van der Waals surface area contributed by atoms with Crippen molar-refractivity contribution in [3.05, 3.63) is 86.1 Å². The van der Waals surface area contributed by atoms with E-state index in [0.717, 1.165) is 25.2 Å². The molecule has 2 heterocycles. The smallest absolute Gasteiger partial charge is 0.269 e. The summed E-state index contributed by atoms with van der Waals surface area (Å²) >= 11 is 5.99. The summed E-state index contributed by atoms with van der Waals surface area (Å²) in [4.78, 5) is 43.6. The Morgan fingerprint density at radius 2 is 1.80 bits per heavy atom. The molecule has 0 aromatic heterocycles. The third kappa shape index (κ3) is 6.83. The number of nitrogens with two attached hydrogens (primary N) is 1. The van der Waals surface area contributed by atoms with Gasteiger partial charge in [0.2, 0.25) is 11.8 Å². The van der Waals surface area contributed by atoms with Crippen LogP contribution in [0.15, 0.2) is 64.8 Å². The number of benzene rings is 2. The van der Waals surface area contributed by atoms with E-state index >= 15 is 0 Å². The van der Waals surface area contributed by atoms with Crippen molar-refractivity contribution in [2.75, 3.05) is 26.2 Å². The van der Waals surface area contributed by atoms with Crippen LogP contribution >= 0.6 is 11.6 Å². The number of nitro benzene ring substituents is 1. The molecule has 0 radical (unpaired) electrons. The highest BCUT2D eigenvalue weighted by atomic mass is 35.5. The number of aliphatic imine (C=N–C) groups is 1. The minimum Gasteiger partial charge on any atom is -0.385 e. The number of piperidine rings is 1. The lowest BCUT2D eigenvalue weighted by atomic mass is 9.74. The lowest BCUT2D eigenvalue weighted by molar-refractivity contribution is -0.384. The summed E-state index contributed by atoms with van der Waals surface area (Å²) in [5.41, 5.74) is 7.72. The zero-order chi connectivity index (χ0) is 29.7. The highest BCUT2D eigenvalue weighted by Gasteiger charge is 2.40. The molecular formula is C30H36ClN5O5. The molecule has 2 aliphatic heterocycles. The van der Waals surface area contributed by atoms with Crippen LogP contribution in [0.2, 0.25) is 5.02 Å². The first-order chi connectivity index (χ1) is 19.5. The maximum Gasteiger partial charge on any atom is 0.269 e. The van der Waals surface area contributed by atoms with Crippen molar-refractivity contribution in [2.24, 2.45) is 16.6 Å². The first-order valence-electron chi connectivity index (χ1n) is 13.8. The van der Waals surface area contributed by atoms with E-state index in [1.54, 1.807) is 31.2 Å². The molecule has 2 aromatic rings. The maximum absolute atomic E-state index is 13.6. The highest BCUT2D eigenvalue weighted by molar-refractivity contribution is 6.30. The molecule has 4 rings (SSSR count). The van der Waals surface area contributed by atoms with Crippen LogP contribution in [0.4, 0.5) is 5.69 Å². The lowest BCUT2D eigenvalue weighted by Gasteiger charge is -2.38. The Morgan fingerprint density at radius 3 is 2.37 bits per heavy atom. The van der Waals surface area contributed by atoms with Gasteiger partial charge in [0, 0.05) is 59.7 Å². The van der Waals surface area contributed by atoms with Crippen LogP contribution in [-0.2, 0) is 15.2 Å². The first-order valence-corrected chi connectivity index (χ1v) is 14.2. The number of hydrogen-bond donors (Lipinski definition) is 3. The first kappa shape index (κ1) is 30.4. The molecule has 11 heteroatoms. The van der Waals surface area contributed by atoms with E-state index in [-0.39, 0.29) is 11.6 Å². The standard InChI is InChI=1S/C30H36ClN5O5/c1-3-24-27(26(25(28(32)37)19(2)34-24)20-5-11-23(12-6-20)36(40)41)29(38)33-15-4-16-35-17-13-30(39,14-18-35)21-7-9-22(31)10-8-21/h5-12,25-26,39H,3-4,13-18H2,1-2H3,(H2,32,37)(H,33,38). The molecule has 2 aromatic carbocycles. The van der Waals surface area contributed by atoms with Crippen LogP contribution in [0.5, 0.6) is 0 Å². The van der Waals surface area contributed by atoms with Gasteiger partial charge in [0.15, 0.2) is 0 Å². The average molecular weight is 582 g/mol. The SMILES string of the molecule is CCC1=C(C(=O)NCCCN2CCC(O)(c3ccc(Cl)cc3)CC2)C(c2ccc([N+](=O)[O-])cc2)C(C(N)=O)C(C)=N1. The van der Waals surface area contributed by atoms with E-state index in [2.05, 4.69) is 15.2 Å². The molecule has 2 aliphatic rings. The molecule has 2 atom stereocenters. The number of carbonyl (C=O) groups excluding carboxylic acids is 2. The Kier molecular flexibility index (Phi) is 9.57. The number of non-ortho nitro benzene ring substituents is 1. The number of nitrogens with one attached hydrogen (secondary N) is 1. The predicted octanol–water partition coefficient (Wildman–Crippen LogP) is 4.06. The maximum atomic E-state index is 13.6. The third-order valence-corrected chi connectivity index (χ3v) is 8.32. The molecule has 1 fully saturated rings. The van der Waals surface area contributed by atoms with Crippen LogP contribution in [0.1, 0.15) is 56.6 Å². The van der Waals surface area contributed by atoms with Crippen molar-refractivity contribution in [3.8, 4) is 0 Å². The van der Waals surface area contributed by atoms with Gasteiger partial charge in [-0.1, -0.05) is 42.8 Å². The summed E-state index contributed by atoms with van der Waals surface area (Å²) in [6, 6.07) is 13.2. The van der Waals surface area contributed by atoms with Gasteiger partial charge in [-0.15, -0.1) is 0 Å². The second kappa shape index (κ2) is 12.9. The monoisotopic (exact) mass is 581 g/mol. The van der Waals surface area contributed by atoms with Crippen molar-refractivity contribution in [1.82, 2.24) is 10.2 Å². The number of aliphatic hydroxyl groups is 1. The van der Waals surface area contributed by atoms with Crippen molar-refractivity contribution in [1.29, 1.82) is 0 Å². The third-order valence-electron chi connectivity index (χ3n) is 8.07. The molecule has 0 aliphatic carbocycles. The van der Waals surface area contributed by atoms with Gasteiger partial charge in [-0.3, -0.25) is 24.7 Å². The van der Waals surface area contributed by atoms with Gasteiger partial charge < -0.3 is 21.1 Å². The fourth-order valence-electron chi connectivity index (χ4n) is 5.80. The normalized spacial score (nSPS) is 20.8. The molecule has 10 nitrogen and oxygen atoms in total. The van der Waals surface area contributed by atoms with E-state index in [4.69, 9.17) is 17.3 Å². The molecule has 0 bridgehead atoms. The van der Waals surface area contributed by atoms with Crippen LogP contribution in [0.3, 0.4) is 0 Å². The zero-order valence-corrected chi connectivity index (χ0v) is 24.1. The number of likely N-dealkylation sites (tertiary alicyclic amines) is 1. The van der Waals surface area contributed by atoms with E-state index < -0.39 is 28.3 Å². The number of nitro groups is 1. The summed E-state index contributed by atoms with van der Waals surface area (Å²) in [7, 11) is 0. The number of rotatable bonds is 10. The number of primary amides is 1. The molecule has 1 saturated heterocycles. The molecular weight excluding hydrogens is 546 g/mol. The summed E-state index contributed by atoms with van der Waals surface area (Å²) in [6.07, 6.45) is 2.38. The van der Waals surface area contributed by atoms with Gasteiger partial charge in [-0.05, 0) is 62.4 Å². The lowest BCUT2D eigenvalue weighted by Crippen LogP contribution is -2.44. The second-order valence-electron chi connectivity index (χ2n) is 10.7. The van der Waals surface area contributed by atoms with E-state index in [1.165, 1.54) is 12.1 Å². The van der Waals surface area contributed by atoms with Gasteiger partial charge in [0.05, 0.1) is 16.4 Å². The van der Waals surface area contributed by atoms with Crippen molar-refractivity contribution in [3.63, 3.8) is 0 Å². The van der Waals surface area contributed by atoms with Crippen molar-refractivity contribution >= 4 is 34.8 Å². The summed E-state index contributed by atoms with van der Waals surface area (Å²) in [6.45, 7) is 6.23. The Balaban J connectivity index is 1.41. The van der Waals surface area contributed by atoms with Crippen LogP contribution in [0.25, 0.3) is 0 Å². The quantitative estimate of drug-likeness (QED) is 0.219. The molecule has 4 N–H and O–H groups in total. The minimum atomic E-state index is -0.873. The van der Waals surface area contributed by atoms with E-state index in [1.807, 2.05) is 19.1 Å². The van der Waals surface area contributed by atoms with E-state index in [9.17, 15) is 24.8 Å². The molecule has 0 saturated carbocycles. The van der Waals surface area contributed by atoms with E-state index in [0.29, 0.717) is 59.8 Å². The fraction of sp³-hybridized carbons (Fsp3) is 0.433. The molecule has 0 spiro atoms. The molecule has 218 valence electrons. The topological polar surface area (TPSA) is 151 Å². The Bertz CT molecular complexity index is 1350. The van der Waals surface area contributed by atoms with Crippen molar-refractivity contribution < 1.29 is 19.6 Å². The largest absolute Gasteiger partial charge is 0.385 e. The number of amides is 2. The Labute approximate surface area is 244 Å². The number of allylic oxidation sites excluding steroid dienone is 1. The molecule has 2 amide bonds. The van der Waals surface area contributed by atoms with Gasteiger partial charge in [-0.25, -0.2) is 0 Å². The zero-order valence-electron chi connectivity index (χ0n) is 23.3. The highest BCUT2D eigenvalue weighted by Crippen LogP contribution is 2.40. The van der Waals surface area contributed by atoms with Crippen LogP contribution < -0.4 is 11.1 Å². The number of hydrogen-bond acceptors (Lipinski definition) is 7. The fourth-order valence-corrected chi connectivity index (χ4v) is 5.93. The van der Waals surface area contributed by atoms with Gasteiger partial charge in [-0.2, -0.15) is 0 Å². The second-order valence-corrected chi connectivity index (χ2v) is 11.1. The van der Waals surface area contributed by atoms with Crippen LogP contribution in [0, 0.1) is 16.0 Å². The summed E-state index contributed by atoms with van der Waals surface area (Å²) in [5.74, 6) is -2.49. The van der Waals surface area contributed by atoms with Gasteiger partial charge >= 0.3 is 0 Å². The number of carbonyl (C=O) groups is 2.